The van der Waals surface area contributed by atoms with E-state index in [1.807, 2.05) is 17.0 Å². The van der Waals surface area contributed by atoms with E-state index in [0.29, 0.717) is 0 Å². The molecule has 3 aliphatic rings. The van der Waals surface area contributed by atoms with Gasteiger partial charge in [-0.05, 0) is 39.1 Å². The molecule has 0 aliphatic carbocycles. The molecule has 0 aromatic carbocycles. The highest BCUT2D eigenvalue weighted by Crippen LogP contribution is 2.31. The van der Waals surface area contributed by atoms with Gasteiger partial charge in [-0.2, -0.15) is 0 Å². The van der Waals surface area contributed by atoms with Crippen LogP contribution in [0.25, 0.3) is 0 Å². The predicted molar refractivity (Wildman–Crippen MR) is 105 cm³/mol. The molecular formula is C20H31N5O2. The van der Waals surface area contributed by atoms with Gasteiger partial charge < -0.3 is 24.3 Å². The number of carbonyl (C=O) groups is 1. The van der Waals surface area contributed by atoms with Gasteiger partial charge in [0.1, 0.15) is 5.82 Å². The molecule has 3 fully saturated rings. The van der Waals surface area contributed by atoms with Gasteiger partial charge in [0.15, 0.2) is 0 Å². The van der Waals surface area contributed by atoms with Crippen LogP contribution in [0.3, 0.4) is 0 Å². The first-order valence-corrected chi connectivity index (χ1v) is 10.1. The minimum absolute atomic E-state index is 0.0656. The molecule has 1 spiro atoms. The van der Waals surface area contributed by atoms with Crippen molar-refractivity contribution in [3.63, 3.8) is 0 Å². The summed E-state index contributed by atoms with van der Waals surface area (Å²) in [5.74, 6) is 1.02. The van der Waals surface area contributed by atoms with Gasteiger partial charge in [-0.3, -0.25) is 4.79 Å². The molecule has 4 rings (SSSR count). The summed E-state index contributed by atoms with van der Waals surface area (Å²) in [6.07, 6.45) is 3.88. The number of carbonyl (C=O) groups excluding carboxylic acids is 1. The molecule has 0 bridgehead atoms. The van der Waals surface area contributed by atoms with Gasteiger partial charge in [-0.15, -0.1) is 0 Å². The van der Waals surface area contributed by atoms with Gasteiger partial charge in [0.25, 0.3) is 5.91 Å². The highest BCUT2D eigenvalue weighted by molar-refractivity contribution is 5.95. The summed E-state index contributed by atoms with van der Waals surface area (Å²) in [4.78, 5) is 26.4. The number of rotatable bonds is 2. The lowest BCUT2D eigenvalue weighted by molar-refractivity contribution is -0.0884. The summed E-state index contributed by atoms with van der Waals surface area (Å²) in [7, 11) is 4.27. The number of hydrogen-bond acceptors (Lipinski definition) is 6. The first-order valence-electron chi connectivity index (χ1n) is 10.1. The normalized spacial score (nSPS) is 24.4. The summed E-state index contributed by atoms with van der Waals surface area (Å²) >= 11 is 0. The van der Waals surface area contributed by atoms with Crippen molar-refractivity contribution < 1.29 is 9.53 Å². The van der Waals surface area contributed by atoms with Crippen LogP contribution < -0.4 is 4.90 Å². The molecule has 0 saturated carbocycles. The lowest BCUT2D eigenvalue weighted by atomic mass is 9.89. The van der Waals surface area contributed by atoms with Gasteiger partial charge >= 0.3 is 0 Å². The van der Waals surface area contributed by atoms with Crippen molar-refractivity contribution in [1.82, 2.24) is 19.7 Å². The molecule has 7 heteroatoms. The van der Waals surface area contributed by atoms with Crippen molar-refractivity contribution >= 4 is 11.7 Å². The largest absolute Gasteiger partial charge is 0.371 e. The Morgan fingerprint density at radius 2 is 1.74 bits per heavy atom. The topological polar surface area (TPSA) is 52.1 Å². The van der Waals surface area contributed by atoms with Crippen molar-refractivity contribution in [3.8, 4) is 0 Å². The summed E-state index contributed by atoms with van der Waals surface area (Å²) in [6.45, 7) is 8.02. The molecule has 148 valence electrons. The zero-order valence-corrected chi connectivity index (χ0v) is 16.6. The molecule has 0 N–H and O–H groups in total. The third-order valence-corrected chi connectivity index (χ3v) is 6.25. The first-order chi connectivity index (χ1) is 13.0. The van der Waals surface area contributed by atoms with Gasteiger partial charge in [0.05, 0.1) is 12.2 Å². The summed E-state index contributed by atoms with van der Waals surface area (Å²) in [5.41, 5.74) is 0.678. The fourth-order valence-electron chi connectivity index (χ4n) is 4.29. The van der Waals surface area contributed by atoms with E-state index in [9.17, 15) is 4.79 Å². The monoisotopic (exact) mass is 373 g/mol. The van der Waals surface area contributed by atoms with Crippen LogP contribution >= 0.6 is 0 Å². The number of piperazine rings is 1. The van der Waals surface area contributed by atoms with Gasteiger partial charge in [0, 0.05) is 64.1 Å². The maximum atomic E-state index is 12.9. The Hall–Kier alpha value is -1.70. The summed E-state index contributed by atoms with van der Waals surface area (Å²) < 4.78 is 6.21. The van der Waals surface area contributed by atoms with E-state index in [1.165, 1.54) is 0 Å². The van der Waals surface area contributed by atoms with Crippen LogP contribution in [0.5, 0.6) is 0 Å². The van der Waals surface area contributed by atoms with Crippen LogP contribution in [0, 0.1) is 0 Å². The molecule has 3 aliphatic heterocycles. The molecule has 1 aromatic heterocycles. The third kappa shape index (κ3) is 4.10. The van der Waals surface area contributed by atoms with Crippen molar-refractivity contribution in [2.45, 2.75) is 18.4 Å². The fourth-order valence-corrected chi connectivity index (χ4v) is 4.29. The number of morpholine rings is 1. The number of anilines is 1. The van der Waals surface area contributed by atoms with E-state index in [4.69, 9.17) is 4.74 Å². The molecule has 3 saturated heterocycles. The van der Waals surface area contributed by atoms with E-state index in [1.54, 1.807) is 6.20 Å². The lowest BCUT2D eigenvalue weighted by Gasteiger charge is -2.47. The Kier molecular flexibility index (Phi) is 5.34. The molecule has 1 aromatic rings. The number of hydrogen-bond donors (Lipinski definition) is 0. The van der Waals surface area contributed by atoms with Crippen LogP contribution in [0.2, 0.25) is 0 Å². The Morgan fingerprint density at radius 3 is 2.48 bits per heavy atom. The van der Waals surface area contributed by atoms with Crippen LogP contribution in [0.1, 0.15) is 23.2 Å². The maximum Gasteiger partial charge on any atom is 0.254 e. The van der Waals surface area contributed by atoms with Crippen LogP contribution in [-0.2, 0) is 4.74 Å². The van der Waals surface area contributed by atoms with Gasteiger partial charge in [-0.1, -0.05) is 0 Å². The van der Waals surface area contributed by atoms with E-state index in [0.717, 1.165) is 83.2 Å². The molecule has 7 nitrogen and oxygen atoms in total. The summed E-state index contributed by atoms with van der Waals surface area (Å²) in [5, 5.41) is 0. The number of pyridine rings is 1. The number of nitrogens with zero attached hydrogens (tertiary/aromatic N) is 5. The molecule has 27 heavy (non-hydrogen) atoms. The number of likely N-dealkylation sites (tertiary alicyclic amines) is 1. The van der Waals surface area contributed by atoms with Crippen molar-refractivity contribution in [3.05, 3.63) is 23.9 Å². The van der Waals surface area contributed by atoms with Crippen molar-refractivity contribution in [1.29, 1.82) is 0 Å². The van der Waals surface area contributed by atoms with E-state index >= 15 is 0 Å². The molecule has 0 unspecified atom stereocenters. The minimum Gasteiger partial charge on any atom is -0.371 e. The van der Waals surface area contributed by atoms with Crippen LogP contribution in [-0.4, -0.2) is 104 Å². The minimum atomic E-state index is -0.0656. The number of ether oxygens (including phenoxy) is 1. The number of piperidine rings is 1. The zero-order chi connectivity index (χ0) is 18.9. The zero-order valence-electron chi connectivity index (χ0n) is 16.6. The molecule has 1 amide bonds. The molecule has 4 heterocycles. The Labute approximate surface area is 161 Å². The maximum absolute atomic E-state index is 12.9. The van der Waals surface area contributed by atoms with E-state index in [2.05, 4.69) is 33.8 Å². The first kappa shape index (κ1) is 18.7. The highest BCUT2D eigenvalue weighted by atomic mass is 16.5. The average molecular weight is 374 g/mol. The Morgan fingerprint density at radius 1 is 1.04 bits per heavy atom. The predicted octanol–water partition coefficient (Wildman–Crippen LogP) is 0.770. The molecular weight excluding hydrogens is 342 g/mol. The second-order valence-corrected chi connectivity index (χ2v) is 8.25. The fraction of sp³-hybridized carbons (Fsp3) is 0.700. The van der Waals surface area contributed by atoms with Crippen LogP contribution in [0.15, 0.2) is 18.3 Å². The number of likely N-dealkylation sites (N-methyl/N-ethyl adjacent to an activating group) is 1. The number of amides is 1. The smallest absolute Gasteiger partial charge is 0.254 e. The van der Waals surface area contributed by atoms with Crippen molar-refractivity contribution in [2.75, 3.05) is 78.0 Å². The number of aromatic nitrogens is 1. The second-order valence-electron chi connectivity index (χ2n) is 8.25. The van der Waals surface area contributed by atoms with Crippen LogP contribution in [0.4, 0.5) is 5.82 Å². The Bertz CT molecular complexity index is 666. The van der Waals surface area contributed by atoms with Gasteiger partial charge in [0.2, 0.25) is 0 Å². The quantitative estimate of drug-likeness (QED) is 0.763. The Balaban J connectivity index is 1.46. The molecule has 0 radical (unpaired) electrons. The standard InChI is InChI=1S/C20H31N5O2/c1-22-7-4-20(5-8-22)16-25(13-14-27-20)18-15-17(3-6-21-18)19(26)24-11-9-23(2)10-12-24/h3,6,15H,4-5,7-14,16H2,1-2H3. The average Bonchev–Trinajstić information content (AvgIpc) is 2.71. The molecule has 0 atom stereocenters. The SMILES string of the molecule is CN1CCN(C(=O)c2ccnc(N3CCOC4(CCN(C)CC4)C3)c2)CC1. The van der Waals surface area contributed by atoms with Crippen molar-refractivity contribution in [2.24, 2.45) is 0 Å². The van der Waals surface area contributed by atoms with E-state index < -0.39 is 0 Å². The third-order valence-electron chi connectivity index (χ3n) is 6.25. The second kappa shape index (κ2) is 7.73. The van der Waals surface area contributed by atoms with Gasteiger partial charge in [-0.25, -0.2) is 4.98 Å². The highest BCUT2D eigenvalue weighted by Gasteiger charge is 2.39. The van der Waals surface area contributed by atoms with E-state index in [-0.39, 0.29) is 11.5 Å². The lowest BCUT2D eigenvalue weighted by Crippen LogP contribution is -2.56. The summed E-state index contributed by atoms with van der Waals surface area (Å²) in [6, 6.07) is 3.81.